The fourth-order valence-corrected chi connectivity index (χ4v) is 1.92. The van der Waals surface area contributed by atoms with Crippen LogP contribution in [0.3, 0.4) is 0 Å². The van der Waals surface area contributed by atoms with E-state index in [4.69, 9.17) is 0 Å². The van der Waals surface area contributed by atoms with Gasteiger partial charge < -0.3 is 0 Å². The van der Waals surface area contributed by atoms with Gasteiger partial charge in [0.25, 0.3) is 0 Å². The van der Waals surface area contributed by atoms with Crippen molar-refractivity contribution in [2.24, 2.45) is 0 Å². The summed E-state index contributed by atoms with van der Waals surface area (Å²) in [7, 11) is 0. The molecule has 0 bridgehead atoms. The van der Waals surface area contributed by atoms with Crippen molar-refractivity contribution in [1.29, 1.82) is 0 Å². The SMILES string of the molecule is CCCCC(CCCC)c1ccnnc1. The van der Waals surface area contributed by atoms with Gasteiger partial charge in [-0.1, -0.05) is 39.5 Å². The van der Waals surface area contributed by atoms with Crippen LogP contribution in [0, 0.1) is 0 Å². The van der Waals surface area contributed by atoms with Crippen molar-refractivity contribution in [3.8, 4) is 0 Å². The summed E-state index contributed by atoms with van der Waals surface area (Å²) in [5, 5.41) is 7.81. The number of rotatable bonds is 7. The van der Waals surface area contributed by atoms with E-state index < -0.39 is 0 Å². The third-order valence-corrected chi connectivity index (χ3v) is 2.89. The summed E-state index contributed by atoms with van der Waals surface area (Å²) < 4.78 is 0. The van der Waals surface area contributed by atoms with Gasteiger partial charge in [0.15, 0.2) is 0 Å². The van der Waals surface area contributed by atoms with Crippen molar-refractivity contribution in [2.45, 2.75) is 58.3 Å². The Labute approximate surface area is 93.1 Å². The molecule has 0 radical (unpaired) electrons. The normalized spacial score (nSPS) is 10.9. The summed E-state index contributed by atoms with van der Waals surface area (Å²) in [5.41, 5.74) is 1.37. The van der Waals surface area contributed by atoms with Gasteiger partial charge in [-0.25, -0.2) is 0 Å². The first-order valence-corrected chi connectivity index (χ1v) is 6.15. The highest BCUT2D eigenvalue weighted by Crippen LogP contribution is 2.26. The maximum absolute atomic E-state index is 3.97. The van der Waals surface area contributed by atoms with Gasteiger partial charge in [0.2, 0.25) is 0 Å². The maximum atomic E-state index is 3.97. The molecule has 15 heavy (non-hydrogen) atoms. The van der Waals surface area contributed by atoms with Crippen LogP contribution in [0.25, 0.3) is 0 Å². The van der Waals surface area contributed by atoms with Crippen LogP contribution in [-0.4, -0.2) is 10.2 Å². The van der Waals surface area contributed by atoms with E-state index in [1.165, 1.54) is 44.1 Å². The minimum atomic E-state index is 0.695. The Balaban J connectivity index is 2.55. The first kappa shape index (κ1) is 12.2. The van der Waals surface area contributed by atoms with Crippen LogP contribution in [0.1, 0.15) is 63.9 Å². The highest BCUT2D eigenvalue weighted by molar-refractivity contribution is 5.12. The molecule has 84 valence electrons. The van der Waals surface area contributed by atoms with Crippen molar-refractivity contribution >= 4 is 0 Å². The number of hydrogen-bond donors (Lipinski definition) is 0. The fourth-order valence-electron chi connectivity index (χ4n) is 1.92. The zero-order chi connectivity index (χ0) is 10.9. The number of nitrogens with zero attached hydrogens (tertiary/aromatic N) is 2. The molecule has 0 saturated carbocycles. The molecule has 1 heterocycles. The Morgan fingerprint density at radius 3 is 2.20 bits per heavy atom. The molecule has 0 aliphatic carbocycles. The minimum absolute atomic E-state index is 0.695. The molecular weight excluding hydrogens is 184 g/mol. The van der Waals surface area contributed by atoms with E-state index in [9.17, 15) is 0 Å². The summed E-state index contributed by atoms with van der Waals surface area (Å²) in [5.74, 6) is 0.695. The number of hydrogen-bond acceptors (Lipinski definition) is 2. The Bertz CT molecular complexity index is 238. The van der Waals surface area contributed by atoms with E-state index in [1.54, 1.807) is 6.20 Å². The van der Waals surface area contributed by atoms with Crippen molar-refractivity contribution in [3.63, 3.8) is 0 Å². The third kappa shape index (κ3) is 4.41. The number of unbranched alkanes of at least 4 members (excludes halogenated alkanes) is 2. The van der Waals surface area contributed by atoms with Crippen LogP contribution in [-0.2, 0) is 0 Å². The molecule has 0 N–H and O–H groups in total. The van der Waals surface area contributed by atoms with Gasteiger partial charge in [-0.3, -0.25) is 0 Å². The third-order valence-electron chi connectivity index (χ3n) is 2.89. The van der Waals surface area contributed by atoms with E-state index in [2.05, 4.69) is 30.1 Å². The van der Waals surface area contributed by atoms with Gasteiger partial charge in [-0.05, 0) is 30.4 Å². The topological polar surface area (TPSA) is 25.8 Å². The molecule has 0 fully saturated rings. The highest BCUT2D eigenvalue weighted by Gasteiger charge is 2.10. The Hall–Kier alpha value is -0.920. The van der Waals surface area contributed by atoms with Gasteiger partial charge in [-0.15, -0.1) is 0 Å². The van der Waals surface area contributed by atoms with Gasteiger partial charge >= 0.3 is 0 Å². The minimum Gasteiger partial charge on any atom is -0.159 e. The molecule has 1 aromatic rings. The molecule has 2 heteroatoms. The first-order valence-electron chi connectivity index (χ1n) is 6.15. The van der Waals surface area contributed by atoms with Crippen molar-refractivity contribution in [2.75, 3.05) is 0 Å². The predicted molar refractivity (Wildman–Crippen MR) is 63.8 cm³/mol. The van der Waals surface area contributed by atoms with E-state index in [0.717, 1.165) is 0 Å². The molecule has 1 aromatic heterocycles. The molecule has 0 aliphatic heterocycles. The van der Waals surface area contributed by atoms with Gasteiger partial charge in [0, 0.05) is 6.20 Å². The zero-order valence-electron chi connectivity index (χ0n) is 9.95. The largest absolute Gasteiger partial charge is 0.159 e. The van der Waals surface area contributed by atoms with Gasteiger partial charge in [0.05, 0.1) is 6.20 Å². The Morgan fingerprint density at radius 1 is 1.07 bits per heavy atom. The average molecular weight is 206 g/mol. The van der Waals surface area contributed by atoms with Crippen LogP contribution < -0.4 is 0 Å². The van der Waals surface area contributed by atoms with E-state index >= 15 is 0 Å². The molecule has 0 aromatic carbocycles. The highest BCUT2D eigenvalue weighted by atomic mass is 15.1. The monoisotopic (exact) mass is 206 g/mol. The summed E-state index contributed by atoms with van der Waals surface area (Å²) in [6.45, 7) is 4.50. The van der Waals surface area contributed by atoms with Crippen LogP contribution in [0.4, 0.5) is 0 Å². The maximum Gasteiger partial charge on any atom is 0.0531 e. The molecular formula is C13H22N2. The Kier molecular flexibility index (Phi) is 5.98. The van der Waals surface area contributed by atoms with Crippen molar-refractivity contribution in [3.05, 3.63) is 24.0 Å². The molecule has 0 spiro atoms. The quantitative estimate of drug-likeness (QED) is 0.675. The number of aromatic nitrogens is 2. The summed E-state index contributed by atoms with van der Waals surface area (Å²) in [6, 6.07) is 2.11. The molecule has 2 nitrogen and oxygen atoms in total. The second-order valence-corrected chi connectivity index (χ2v) is 4.16. The predicted octanol–water partition coefficient (Wildman–Crippen LogP) is 3.94. The van der Waals surface area contributed by atoms with E-state index in [-0.39, 0.29) is 0 Å². The molecule has 0 saturated heterocycles. The molecule has 0 unspecified atom stereocenters. The van der Waals surface area contributed by atoms with Gasteiger partial charge in [0.1, 0.15) is 0 Å². The second-order valence-electron chi connectivity index (χ2n) is 4.16. The lowest BCUT2D eigenvalue weighted by molar-refractivity contribution is 0.522. The summed E-state index contributed by atoms with van der Waals surface area (Å²) in [6.07, 6.45) is 11.5. The standard InChI is InChI=1S/C13H22N2/c1-3-5-7-12(8-6-4-2)13-9-10-14-15-11-13/h9-12H,3-8H2,1-2H3. The summed E-state index contributed by atoms with van der Waals surface area (Å²) in [4.78, 5) is 0. The zero-order valence-corrected chi connectivity index (χ0v) is 9.95. The second kappa shape index (κ2) is 7.38. The molecule has 0 amide bonds. The van der Waals surface area contributed by atoms with Crippen LogP contribution in [0.2, 0.25) is 0 Å². The lowest BCUT2D eigenvalue weighted by Gasteiger charge is -2.15. The molecule has 1 rings (SSSR count). The lowest BCUT2D eigenvalue weighted by Crippen LogP contribution is -2.00. The van der Waals surface area contributed by atoms with Crippen LogP contribution in [0.5, 0.6) is 0 Å². The van der Waals surface area contributed by atoms with Crippen molar-refractivity contribution in [1.82, 2.24) is 10.2 Å². The van der Waals surface area contributed by atoms with Gasteiger partial charge in [-0.2, -0.15) is 10.2 Å². The average Bonchev–Trinajstić information content (AvgIpc) is 2.30. The Morgan fingerprint density at radius 2 is 1.73 bits per heavy atom. The molecule has 0 aliphatic rings. The smallest absolute Gasteiger partial charge is 0.0531 e. The van der Waals surface area contributed by atoms with E-state index in [1.807, 2.05) is 6.20 Å². The fraction of sp³-hybridized carbons (Fsp3) is 0.692. The van der Waals surface area contributed by atoms with Crippen LogP contribution in [0.15, 0.2) is 18.5 Å². The molecule has 0 atom stereocenters. The summed E-state index contributed by atoms with van der Waals surface area (Å²) >= 11 is 0. The van der Waals surface area contributed by atoms with Crippen molar-refractivity contribution < 1.29 is 0 Å². The lowest BCUT2D eigenvalue weighted by atomic mass is 9.90. The van der Waals surface area contributed by atoms with Crippen LogP contribution >= 0.6 is 0 Å². The van der Waals surface area contributed by atoms with E-state index in [0.29, 0.717) is 5.92 Å². The first-order chi connectivity index (χ1) is 7.38.